The number of aromatic nitrogens is 5. The Morgan fingerprint density at radius 2 is 1.84 bits per heavy atom. The highest BCUT2D eigenvalue weighted by molar-refractivity contribution is 6.31. The number of rotatable bonds is 6. The van der Waals surface area contributed by atoms with Crippen LogP contribution in [0.25, 0.3) is 5.69 Å². The number of nitrogens with zero attached hydrogens (tertiary/aromatic N) is 6. The van der Waals surface area contributed by atoms with Gasteiger partial charge in [-0.15, -0.1) is 15.3 Å². The molecule has 9 nitrogen and oxygen atoms in total. The minimum Gasteiger partial charge on any atom is -0.455 e. The predicted octanol–water partition coefficient (Wildman–Crippen LogP) is 5.03. The van der Waals surface area contributed by atoms with Crippen molar-refractivity contribution in [2.45, 2.75) is 20.5 Å². The van der Waals surface area contributed by atoms with Gasteiger partial charge in [0, 0.05) is 10.6 Å². The van der Waals surface area contributed by atoms with Crippen LogP contribution in [0, 0.1) is 13.8 Å². The van der Waals surface area contributed by atoms with Gasteiger partial charge in [0.05, 0.1) is 17.1 Å². The highest BCUT2D eigenvalue weighted by Crippen LogP contribution is 2.27. The third-order valence-electron chi connectivity index (χ3n) is 4.48. The molecule has 0 saturated carbocycles. The molecule has 0 radical (unpaired) electrons. The molecule has 0 fully saturated rings. The number of H-pyrrole nitrogens is 1. The van der Waals surface area contributed by atoms with Crippen molar-refractivity contribution >= 4 is 29.2 Å². The van der Waals surface area contributed by atoms with E-state index in [4.69, 9.17) is 16.3 Å². The number of halogens is 1. The summed E-state index contributed by atoms with van der Waals surface area (Å²) in [5, 5.41) is 19.7. The molecule has 0 aliphatic rings. The molecule has 4 aromatic rings. The van der Waals surface area contributed by atoms with E-state index in [0.29, 0.717) is 22.0 Å². The summed E-state index contributed by atoms with van der Waals surface area (Å²) >= 11 is 6.06. The summed E-state index contributed by atoms with van der Waals surface area (Å²) in [5.41, 5.74) is 3.75. The van der Waals surface area contributed by atoms with Crippen LogP contribution in [0.3, 0.4) is 0 Å². The van der Waals surface area contributed by atoms with Crippen LogP contribution in [0.15, 0.2) is 64.8 Å². The minimum atomic E-state index is -0.668. The van der Waals surface area contributed by atoms with Crippen molar-refractivity contribution in [1.29, 1.82) is 0 Å². The predicted molar refractivity (Wildman–Crippen MR) is 114 cm³/mol. The normalized spacial score (nSPS) is 11.2. The third kappa shape index (κ3) is 4.51. The van der Waals surface area contributed by atoms with Gasteiger partial charge in [-0.25, -0.2) is 9.48 Å². The van der Waals surface area contributed by atoms with Gasteiger partial charge in [-0.3, -0.25) is 5.10 Å². The highest BCUT2D eigenvalue weighted by atomic mass is 35.5. The number of carbonyl (C=O) groups is 1. The average molecular weight is 436 g/mol. The summed E-state index contributed by atoms with van der Waals surface area (Å²) in [7, 11) is 0. The number of esters is 1. The van der Waals surface area contributed by atoms with Crippen molar-refractivity contribution < 1.29 is 9.53 Å². The highest BCUT2D eigenvalue weighted by Gasteiger charge is 2.16. The second kappa shape index (κ2) is 8.88. The lowest BCUT2D eigenvalue weighted by Gasteiger charge is -2.04. The summed E-state index contributed by atoms with van der Waals surface area (Å²) < 4.78 is 7.01. The van der Waals surface area contributed by atoms with E-state index < -0.39 is 5.97 Å². The Kier molecular flexibility index (Phi) is 5.85. The Balaban J connectivity index is 1.46. The molecule has 0 amide bonds. The van der Waals surface area contributed by atoms with Crippen LogP contribution in [0.2, 0.25) is 5.02 Å². The number of ether oxygens (including phenoxy) is 1. The number of hydrogen-bond donors (Lipinski definition) is 1. The SMILES string of the molecule is Cc1nn(-c2ccccc2)c(C)c1N=Nc1n[nH]c(C(=O)OCc2ccccc2Cl)n1. The van der Waals surface area contributed by atoms with E-state index in [1.807, 2.05) is 50.2 Å². The van der Waals surface area contributed by atoms with Gasteiger partial charge in [0.25, 0.3) is 5.95 Å². The van der Waals surface area contributed by atoms with E-state index in [1.54, 1.807) is 22.9 Å². The van der Waals surface area contributed by atoms with Crippen molar-refractivity contribution in [3.8, 4) is 5.69 Å². The number of azo groups is 1. The second-order valence-corrected chi connectivity index (χ2v) is 7.03. The number of aromatic amines is 1. The van der Waals surface area contributed by atoms with Crippen LogP contribution in [0.5, 0.6) is 0 Å². The molecule has 0 aliphatic heterocycles. The Morgan fingerprint density at radius 1 is 1.10 bits per heavy atom. The molecular formula is C21H18ClN7O2. The zero-order valence-electron chi connectivity index (χ0n) is 16.8. The standard InChI is InChI=1S/C21H18ClN7O2/c1-13-18(14(2)29(28-13)16-9-4-3-5-10-16)24-26-21-23-19(25-27-21)20(30)31-12-15-8-6-7-11-17(15)22/h3-11H,12H2,1-2H3,(H,23,25,27). The Bertz CT molecular complexity index is 1250. The second-order valence-electron chi connectivity index (χ2n) is 6.62. The largest absolute Gasteiger partial charge is 0.455 e. The van der Waals surface area contributed by atoms with Crippen molar-refractivity contribution in [2.75, 3.05) is 0 Å². The molecule has 2 aromatic carbocycles. The first-order chi connectivity index (χ1) is 15.0. The zero-order chi connectivity index (χ0) is 21.8. The molecule has 156 valence electrons. The monoisotopic (exact) mass is 435 g/mol. The topological polar surface area (TPSA) is 110 Å². The number of nitrogens with one attached hydrogen (secondary N) is 1. The smallest absolute Gasteiger partial charge is 0.376 e. The van der Waals surface area contributed by atoms with E-state index in [0.717, 1.165) is 11.4 Å². The van der Waals surface area contributed by atoms with Gasteiger partial charge in [0.15, 0.2) is 0 Å². The van der Waals surface area contributed by atoms with Gasteiger partial charge < -0.3 is 4.74 Å². The number of carbonyl (C=O) groups excluding carboxylic acids is 1. The quantitative estimate of drug-likeness (QED) is 0.337. The first-order valence-corrected chi connectivity index (χ1v) is 9.77. The van der Waals surface area contributed by atoms with Crippen LogP contribution in [0.4, 0.5) is 11.6 Å². The van der Waals surface area contributed by atoms with Gasteiger partial charge in [0.1, 0.15) is 12.3 Å². The Hall–Kier alpha value is -3.85. The van der Waals surface area contributed by atoms with Crippen molar-refractivity contribution in [1.82, 2.24) is 25.0 Å². The van der Waals surface area contributed by atoms with E-state index in [1.165, 1.54) is 0 Å². The first kappa shape index (κ1) is 20.4. The lowest BCUT2D eigenvalue weighted by atomic mass is 10.2. The number of hydrogen-bond acceptors (Lipinski definition) is 7. The maximum Gasteiger partial charge on any atom is 0.376 e. The van der Waals surface area contributed by atoms with E-state index in [9.17, 15) is 4.79 Å². The van der Waals surface area contributed by atoms with E-state index in [-0.39, 0.29) is 18.4 Å². The number of benzene rings is 2. The van der Waals surface area contributed by atoms with Gasteiger partial charge in [-0.05, 0) is 32.0 Å². The van der Waals surface area contributed by atoms with Gasteiger partial charge in [-0.1, -0.05) is 48.0 Å². The van der Waals surface area contributed by atoms with Gasteiger partial charge in [-0.2, -0.15) is 10.1 Å². The molecule has 4 rings (SSSR count). The molecule has 0 saturated heterocycles. The fraction of sp³-hybridized carbons (Fsp3) is 0.143. The number of para-hydroxylation sites is 1. The average Bonchev–Trinajstić information content (AvgIpc) is 3.37. The Labute approximate surface area is 182 Å². The maximum absolute atomic E-state index is 12.2. The van der Waals surface area contributed by atoms with Crippen LogP contribution < -0.4 is 0 Å². The molecule has 2 heterocycles. The summed E-state index contributed by atoms with van der Waals surface area (Å²) in [5.74, 6) is -0.733. The van der Waals surface area contributed by atoms with Crippen molar-refractivity contribution in [3.63, 3.8) is 0 Å². The molecule has 0 atom stereocenters. The Morgan fingerprint density at radius 3 is 2.61 bits per heavy atom. The summed E-state index contributed by atoms with van der Waals surface area (Å²) in [6.45, 7) is 3.76. The van der Waals surface area contributed by atoms with Crippen molar-refractivity contribution in [3.05, 3.63) is 82.4 Å². The fourth-order valence-electron chi connectivity index (χ4n) is 2.91. The molecule has 2 aromatic heterocycles. The van der Waals surface area contributed by atoms with Crippen LogP contribution in [-0.4, -0.2) is 30.9 Å². The van der Waals surface area contributed by atoms with E-state index in [2.05, 4.69) is 30.5 Å². The molecule has 1 N–H and O–H groups in total. The number of aryl methyl sites for hydroxylation is 1. The minimum absolute atomic E-state index is 0.0101. The van der Waals surface area contributed by atoms with Crippen molar-refractivity contribution in [2.24, 2.45) is 10.2 Å². The zero-order valence-corrected chi connectivity index (χ0v) is 17.5. The molecular weight excluding hydrogens is 418 g/mol. The van der Waals surface area contributed by atoms with Gasteiger partial charge >= 0.3 is 5.97 Å². The molecule has 31 heavy (non-hydrogen) atoms. The summed E-state index contributed by atoms with van der Waals surface area (Å²) in [4.78, 5) is 16.2. The summed E-state index contributed by atoms with van der Waals surface area (Å²) in [6, 6.07) is 16.8. The third-order valence-corrected chi connectivity index (χ3v) is 4.85. The summed E-state index contributed by atoms with van der Waals surface area (Å²) in [6.07, 6.45) is 0. The van der Waals surface area contributed by atoms with Crippen LogP contribution >= 0.6 is 11.6 Å². The molecule has 0 aliphatic carbocycles. The lowest BCUT2D eigenvalue weighted by Crippen LogP contribution is -2.07. The molecule has 0 unspecified atom stereocenters. The van der Waals surface area contributed by atoms with Gasteiger partial charge in [0.2, 0.25) is 5.82 Å². The first-order valence-electron chi connectivity index (χ1n) is 9.39. The van der Waals surface area contributed by atoms with Crippen LogP contribution in [-0.2, 0) is 11.3 Å². The molecule has 0 spiro atoms. The van der Waals surface area contributed by atoms with E-state index >= 15 is 0 Å². The molecule has 10 heteroatoms. The fourth-order valence-corrected chi connectivity index (χ4v) is 3.10. The maximum atomic E-state index is 12.2. The molecule has 0 bridgehead atoms. The lowest BCUT2D eigenvalue weighted by molar-refractivity contribution is 0.0459. The van der Waals surface area contributed by atoms with Crippen LogP contribution in [0.1, 0.15) is 27.6 Å².